The molecular formula is C22H35ClN4O. The lowest BCUT2D eigenvalue weighted by Crippen LogP contribution is -2.51. The molecule has 1 amide bonds. The van der Waals surface area contributed by atoms with Crippen molar-refractivity contribution in [2.45, 2.75) is 64.2 Å². The number of hydrogen-bond donors (Lipinski definition) is 2. The van der Waals surface area contributed by atoms with Gasteiger partial charge in [-0.2, -0.15) is 0 Å². The normalized spacial score (nSPS) is 24.5. The third-order valence-corrected chi connectivity index (χ3v) is 6.28. The molecule has 0 radical (unpaired) electrons. The number of rotatable bonds is 8. The average molecular weight is 407 g/mol. The van der Waals surface area contributed by atoms with Gasteiger partial charge in [-0.15, -0.1) is 0 Å². The fourth-order valence-corrected chi connectivity index (χ4v) is 4.88. The molecule has 5 nitrogen and oxygen atoms in total. The fraction of sp³-hybridized carbons (Fsp3) is 0.682. The van der Waals surface area contributed by atoms with Gasteiger partial charge in [0.05, 0.1) is 6.04 Å². The SMILES string of the molecule is CCCN1CCC(N2C[C@H](NCc3cccc(Cl)c3)C[C@H]2C(=O)NCC)CC1. The van der Waals surface area contributed by atoms with Crippen molar-refractivity contribution in [2.24, 2.45) is 0 Å². The predicted molar refractivity (Wildman–Crippen MR) is 116 cm³/mol. The Morgan fingerprint density at radius 3 is 2.71 bits per heavy atom. The van der Waals surface area contributed by atoms with Crippen LogP contribution in [0.3, 0.4) is 0 Å². The van der Waals surface area contributed by atoms with Crippen molar-refractivity contribution in [3.8, 4) is 0 Å². The summed E-state index contributed by atoms with van der Waals surface area (Å²) in [4.78, 5) is 17.8. The van der Waals surface area contributed by atoms with E-state index in [1.54, 1.807) is 0 Å². The Bertz CT molecular complexity index is 633. The van der Waals surface area contributed by atoms with E-state index in [2.05, 4.69) is 33.4 Å². The molecule has 2 fully saturated rings. The number of benzene rings is 1. The fourth-order valence-electron chi connectivity index (χ4n) is 4.66. The highest BCUT2D eigenvalue weighted by molar-refractivity contribution is 6.30. The summed E-state index contributed by atoms with van der Waals surface area (Å²) < 4.78 is 0. The lowest BCUT2D eigenvalue weighted by molar-refractivity contribution is -0.126. The van der Waals surface area contributed by atoms with Crippen LogP contribution < -0.4 is 10.6 Å². The van der Waals surface area contributed by atoms with Crippen LogP contribution in [0.15, 0.2) is 24.3 Å². The maximum atomic E-state index is 12.7. The van der Waals surface area contributed by atoms with Crippen molar-refractivity contribution in [3.05, 3.63) is 34.9 Å². The van der Waals surface area contributed by atoms with Crippen LogP contribution in [0, 0.1) is 0 Å². The van der Waals surface area contributed by atoms with E-state index in [-0.39, 0.29) is 11.9 Å². The van der Waals surface area contributed by atoms with E-state index in [1.807, 2.05) is 25.1 Å². The minimum Gasteiger partial charge on any atom is -0.355 e. The van der Waals surface area contributed by atoms with Gasteiger partial charge in [0.1, 0.15) is 0 Å². The van der Waals surface area contributed by atoms with Crippen molar-refractivity contribution in [3.63, 3.8) is 0 Å². The lowest BCUT2D eigenvalue weighted by atomic mass is 10.0. The van der Waals surface area contributed by atoms with Gasteiger partial charge in [-0.1, -0.05) is 30.7 Å². The number of amides is 1. The van der Waals surface area contributed by atoms with Crippen LogP contribution in [0.5, 0.6) is 0 Å². The standard InChI is InChI=1S/C22H35ClN4O/c1-3-10-26-11-8-20(9-12-26)27-16-19(14-21(27)22(28)24-4-2)25-15-17-6-5-7-18(23)13-17/h5-7,13,19-21,25H,3-4,8-12,14-16H2,1-2H3,(H,24,28)/t19-,21+/m1/s1. The van der Waals surface area contributed by atoms with E-state index in [0.717, 1.165) is 50.5 Å². The Kier molecular flexibility index (Phi) is 8.15. The minimum absolute atomic E-state index is 0.0143. The van der Waals surface area contributed by atoms with Gasteiger partial charge < -0.3 is 15.5 Å². The van der Waals surface area contributed by atoms with Gasteiger partial charge in [-0.05, 0) is 69.9 Å². The zero-order chi connectivity index (χ0) is 19.9. The van der Waals surface area contributed by atoms with Crippen molar-refractivity contribution >= 4 is 17.5 Å². The Morgan fingerprint density at radius 1 is 1.25 bits per heavy atom. The molecule has 0 aliphatic carbocycles. The quantitative estimate of drug-likeness (QED) is 0.696. The highest BCUT2D eigenvalue weighted by Gasteiger charge is 2.40. The Balaban J connectivity index is 1.60. The molecular weight excluding hydrogens is 372 g/mol. The van der Waals surface area contributed by atoms with Crippen LogP contribution in [-0.4, -0.2) is 66.6 Å². The molecule has 28 heavy (non-hydrogen) atoms. The molecule has 2 saturated heterocycles. The lowest BCUT2D eigenvalue weighted by Gasteiger charge is -2.38. The van der Waals surface area contributed by atoms with Gasteiger partial charge in [-0.25, -0.2) is 0 Å². The molecule has 1 aromatic rings. The molecule has 3 rings (SSSR count). The van der Waals surface area contributed by atoms with E-state index < -0.39 is 0 Å². The highest BCUT2D eigenvalue weighted by Crippen LogP contribution is 2.27. The topological polar surface area (TPSA) is 47.6 Å². The second kappa shape index (κ2) is 10.6. The molecule has 156 valence electrons. The molecule has 2 aliphatic rings. The second-order valence-electron chi connectivity index (χ2n) is 8.12. The molecule has 2 aliphatic heterocycles. The van der Waals surface area contributed by atoms with E-state index >= 15 is 0 Å². The van der Waals surface area contributed by atoms with Gasteiger partial charge in [0.2, 0.25) is 5.91 Å². The molecule has 2 N–H and O–H groups in total. The van der Waals surface area contributed by atoms with Crippen molar-refractivity contribution < 1.29 is 4.79 Å². The monoisotopic (exact) mass is 406 g/mol. The number of nitrogens with zero attached hydrogens (tertiary/aromatic N) is 2. The summed E-state index contributed by atoms with van der Waals surface area (Å²) in [5.74, 6) is 0.186. The van der Waals surface area contributed by atoms with Crippen molar-refractivity contribution in [2.75, 3.05) is 32.7 Å². The van der Waals surface area contributed by atoms with Crippen LogP contribution >= 0.6 is 11.6 Å². The number of nitrogens with one attached hydrogen (secondary N) is 2. The zero-order valence-electron chi connectivity index (χ0n) is 17.3. The van der Waals surface area contributed by atoms with E-state index in [9.17, 15) is 4.79 Å². The summed E-state index contributed by atoms with van der Waals surface area (Å²) in [6, 6.07) is 8.82. The highest BCUT2D eigenvalue weighted by atomic mass is 35.5. The number of likely N-dealkylation sites (tertiary alicyclic amines) is 2. The maximum absolute atomic E-state index is 12.7. The first-order valence-electron chi connectivity index (χ1n) is 10.8. The molecule has 2 atom stereocenters. The van der Waals surface area contributed by atoms with E-state index in [1.165, 1.54) is 18.5 Å². The third kappa shape index (κ3) is 5.69. The number of carbonyl (C=O) groups excluding carboxylic acids is 1. The number of hydrogen-bond acceptors (Lipinski definition) is 4. The predicted octanol–water partition coefficient (Wildman–Crippen LogP) is 2.88. The van der Waals surface area contributed by atoms with Gasteiger partial charge in [0.25, 0.3) is 0 Å². The Hall–Kier alpha value is -1.14. The molecule has 0 aromatic heterocycles. The Labute approximate surface area is 174 Å². The third-order valence-electron chi connectivity index (χ3n) is 6.04. The largest absolute Gasteiger partial charge is 0.355 e. The van der Waals surface area contributed by atoms with Crippen LogP contribution in [-0.2, 0) is 11.3 Å². The minimum atomic E-state index is -0.0143. The van der Waals surface area contributed by atoms with Gasteiger partial charge in [-0.3, -0.25) is 9.69 Å². The first-order chi connectivity index (χ1) is 13.6. The summed E-state index contributed by atoms with van der Waals surface area (Å²) in [7, 11) is 0. The first-order valence-corrected chi connectivity index (χ1v) is 11.2. The van der Waals surface area contributed by atoms with E-state index in [4.69, 9.17) is 11.6 Å². The van der Waals surface area contributed by atoms with Gasteiger partial charge >= 0.3 is 0 Å². The number of likely N-dealkylation sites (N-methyl/N-ethyl adjacent to an activating group) is 1. The number of carbonyl (C=O) groups is 1. The van der Waals surface area contributed by atoms with Crippen molar-refractivity contribution in [1.82, 2.24) is 20.4 Å². The molecule has 0 unspecified atom stereocenters. The molecule has 6 heteroatoms. The molecule has 0 saturated carbocycles. The van der Waals surface area contributed by atoms with Crippen molar-refractivity contribution in [1.29, 1.82) is 0 Å². The second-order valence-corrected chi connectivity index (χ2v) is 8.56. The summed E-state index contributed by atoms with van der Waals surface area (Å²) in [6.07, 6.45) is 4.42. The number of halogens is 1. The molecule has 0 spiro atoms. The molecule has 1 aromatic carbocycles. The van der Waals surface area contributed by atoms with Crippen LogP contribution in [0.2, 0.25) is 5.02 Å². The van der Waals surface area contributed by atoms with Gasteiger partial charge in [0.15, 0.2) is 0 Å². The summed E-state index contributed by atoms with van der Waals surface area (Å²) >= 11 is 6.11. The maximum Gasteiger partial charge on any atom is 0.237 e. The Morgan fingerprint density at radius 2 is 2.04 bits per heavy atom. The molecule has 0 bridgehead atoms. The van der Waals surface area contributed by atoms with E-state index in [0.29, 0.717) is 18.6 Å². The number of piperidine rings is 1. The first kappa shape index (κ1) is 21.6. The summed E-state index contributed by atoms with van der Waals surface area (Å²) in [5.41, 5.74) is 1.19. The van der Waals surface area contributed by atoms with Crippen LogP contribution in [0.25, 0.3) is 0 Å². The average Bonchev–Trinajstić information content (AvgIpc) is 3.12. The summed E-state index contributed by atoms with van der Waals surface area (Å²) in [6.45, 7) is 10.2. The smallest absolute Gasteiger partial charge is 0.237 e. The zero-order valence-corrected chi connectivity index (χ0v) is 18.0. The van der Waals surface area contributed by atoms with Crippen LogP contribution in [0.1, 0.15) is 45.1 Å². The van der Waals surface area contributed by atoms with Crippen LogP contribution in [0.4, 0.5) is 0 Å². The van der Waals surface area contributed by atoms with Gasteiger partial charge in [0, 0.05) is 36.7 Å². The summed E-state index contributed by atoms with van der Waals surface area (Å²) in [5, 5.41) is 7.48. The molecule has 2 heterocycles.